The van der Waals surface area contributed by atoms with Crippen molar-refractivity contribution in [2.45, 2.75) is 5.50 Å². The van der Waals surface area contributed by atoms with Crippen molar-refractivity contribution in [2.24, 2.45) is 16.2 Å². The fraction of sp³-hybridized carbons (Fsp3) is 1.00. The highest BCUT2D eigenvalue weighted by Crippen LogP contribution is 2.02. The first-order valence-corrected chi connectivity index (χ1v) is 2.20. The molecule has 1 atom stereocenters. The van der Waals surface area contributed by atoms with E-state index in [0.717, 1.165) is 0 Å². The Bertz CT molecular complexity index is 90.1. The van der Waals surface area contributed by atoms with Gasteiger partial charge in [-0.2, -0.15) is 0 Å². The summed E-state index contributed by atoms with van der Waals surface area (Å²) in [5, 5.41) is 8.02. The third-order valence-electron chi connectivity index (χ3n) is 0.570. The fourth-order valence-electron chi connectivity index (χ4n) is 0.236. The van der Waals surface area contributed by atoms with E-state index in [1.165, 1.54) is 5.12 Å². The first-order valence-electron chi connectivity index (χ1n) is 1.68. The summed E-state index contributed by atoms with van der Waals surface area (Å²) in [4.78, 5) is 0. The zero-order chi connectivity index (χ0) is 5.28. The summed E-state index contributed by atoms with van der Waals surface area (Å²) in [5.41, 5.74) is 2.03. The molecule has 40 valence electrons. The molecule has 0 aromatic carbocycles. The molecule has 0 saturated heterocycles. The molecule has 5 nitrogen and oxygen atoms in total. The number of nitrogens with zero attached hydrogens (tertiary/aromatic N) is 3. The molecule has 7 heavy (non-hydrogen) atoms. The van der Waals surface area contributed by atoms with Gasteiger partial charge < -0.3 is 0 Å². The van der Waals surface area contributed by atoms with Crippen molar-refractivity contribution in [1.29, 1.82) is 0 Å². The number of hydrazine groups is 2. The van der Waals surface area contributed by atoms with E-state index in [1.807, 2.05) is 0 Å². The summed E-state index contributed by atoms with van der Waals surface area (Å²) in [6.45, 7) is 0. The molecule has 0 aromatic rings. The van der Waals surface area contributed by atoms with Gasteiger partial charge in [0.2, 0.25) is 5.50 Å². The van der Waals surface area contributed by atoms with Crippen molar-refractivity contribution < 1.29 is 0 Å². The van der Waals surface area contributed by atoms with Crippen LogP contribution in [-0.2, 0) is 0 Å². The van der Waals surface area contributed by atoms with Gasteiger partial charge in [0.15, 0.2) is 0 Å². The van der Waals surface area contributed by atoms with Crippen LogP contribution in [0.15, 0.2) is 10.3 Å². The van der Waals surface area contributed by atoms with Crippen molar-refractivity contribution in [3.05, 3.63) is 0 Å². The third-order valence-corrected chi connectivity index (χ3v) is 0.922. The molecule has 0 aromatic heterocycles. The zero-order valence-electron chi connectivity index (χ0n) is 3.44. The lowest BCUT2D eigenvalue weighted by Crippen LogP contribution is -2.40. The molecule has 0 spiro atoms. The second-order valence-electron chi connectivity index (χ2n) is 1.07. The van der Waals surface area contributed by atoms with E-state index < -0.39 is 0 Å². The van der Waals surface area contributed by atoms with Gasteiger partial charge in [-0.25, -0.2) is 11.4 Å². The second kappa shape index (κ2) is 1.65. The van der Waals surface area contributed by atoms with Crippen LogP contribution in [0.4, 0.5) is 0 Å². The number of nitrogens with one attached hydrogen (secondary N) is 1. The lowest BCUT2D eigenvalue weighted by Gasteiger charge is -2.06. The molecule has 0 radical (unpaired) electrons. The van der Waals surface area contributed by atoms with E-state index in [-0.39, 0.29) is 5.50 Å². The predicted molar refractivity (Wildman–Crippen MR) is 26.8 cm³/mol. The average Bonchev–Trinajstić information content (AvgIpc) is 1.91. The van der Waals surface area contributed by atoms with Crippen LogP contribution >= 0.6 is 12.6 Å². The van der Waals surface area contributed by atoms with Gasteiger partial charge in [0.25, 0.3) is 0 Å². The van der Waals surface area contributed by atoms with Crippen LogP contribution in [0, 0.1) is 0 Å². The molecule has 6 heteroatoms. The smallest absolute Gasteiger partial charge is 0.201 e. The maximum Gasteiger partial charge on any atom is 0.201 e. The van der Waals surface area contributed by atoms with Gasteiger partial charge in [-0.15, -0.1) is 22.9 Å². The van der Waals surface area contributed by atoms with Crippen LogP contribution in [0.2, 0.25) is 0 Å². The number of hydrogen-bond acceptors (Lipinski definition) is 6. The zero-order valence-corrected chi connectivity index (χ0v) is 4.34. The van der Waals surface area contributed by atoms with E-state index in [9.17, 15) is 0 Å². The standard InChI is InChI=1S/CH5N5S/c2-6-1(7)3-4-5-6/h1,7H,2H2,(H,3,5). The first kappa shape index (κ1) is 4.82. The molecule has 1 rings (SSSR count). The highest BCUT2D eigenvalue weighted by molar-refractivity contribution is 7.80. The van der Waals surface area contributed by atoms with Gasteiger partial charge in [-0.05, 0) is 0 Å². The maximum absolute atomic E-state index is 5.14. The molecule has 1 aliphatic heterocycles. The summed E-state index contributed by atoms with van der Waals surface area (Å²) in [6, 6.07) is 0. The molecule has 1 heterocycles. The van der Waals surface area contributed by atoms with E-state index >= 15 is 0 Å². The monoisotopic (exact) mass is 119 g/mol. The topological polar surface area (TPSA) is 66.0 Å². The Morgan fingerprint density at radius 3 is 2.71 bits per heavy atom. The predicted octanol–water partition coefficient (Wildman–Crippen LogP) is -0.739. The summed E-state index contributed by atoms with van der Waals surface area (Å²) >= 11 is 3.87. The van der Waals surface area contributed by atoms with E-state index in [1.54, 1.807) is 0 Å². The van der Waals surface area contributed by atoms with Crippen molar-refractivity contribution in [3.63, 3.8) is 0 Å². The number of hydrogen-bond donors (Lipinski definition) is 3. The Labute approximate surface area is 45.9 Å². The van der Waals surface area contributed by atoms with Crippen molar-refractivity contribution in [1.82, 2.24) is 10.7 Å². The van der Waals surface area contributed by atoms with Crippen LogP contribution < -0.4 is 11.4 Å². The number of rotatable bonds is 0. The van der Waals surface area contributed by atoms with Gasteiger partial charge in [0, 0.05) is 0 Å². The van der Waals surface area contributed by atoms with Crippen LogP contribution in [0.1, 0.15) is 0 Å². The maximum atomic E-state index is 5.14. The summed E-state index contributed by atoms with van der Waals surface area (Å²) in [5.74, 6) is 5.14. The highest BCUT2D eigenvalue weighted by atomic mass is 32.1. The molecule has 1 unspecified atom stereocenters. The van der Waals surface area contributed by atoms with Crippen molar-refractivity contribution in [2.75, 3.05) is 0 Å². The van der Waals surface area contributed by atoms with Crippen LogP contribution in [-0.4, -0.2) is 10.6 Å². The molecule has 1 aliphatic rings. The Morgan fingerprint density at radius 1 is 1.86 bits per heavy atom. The minimum atomic E-state index is -0.333. The fourth-order valence-corrected chi connectivity index (χ4v) is 0.340. The first-order chi connectivity index (χ1) is 3.30. The lowest BCUT2D eigenvalue weighted by atomic mass is 11.1. The molecule has 0 bridgehead atoms. The van der Waals surface area contributed by atoms with E-state index in [4.69, 9.17) is 5.84 Å². The quantitative estimate of drug-likeness (QED) is 0.290. The van der Waals surface area contributed by atoms with Crippen LogP contribution in [0.25, 0.3) is 0 Å². The minimum Gasteiger partial charge on any atom is -0.246 e. The molecular formula is CH5N5S. The van der Waals surface area contributed by atoms with Crippen LogP contribution in [0.5, 0.6) is 0 Å². The summed E-state index contributed by atoms with van der Waals surface area (Å²) in [6.07, 6.45) is 0. The largest absolute Gasteiger partial charge is 0.246 e. The third kappa shape index (κ3) is 0.817. The van der Waals surface area contributed by atoms with E-state index in [0.29, 0.717) is 0 Å². The normalized spacial score (nSPS) is 30.9. The van der Waals surface area contributed by atoms with Gasteiger partial charge in [0.05, 0.1) is 0 Å². The van der Waals surface area contributed by atoms with Crippen molar-refractivity contribution in [3.8, 4) is 0 Å². The number of thiol groups is 1. The molecule has 0 saturated carbocycles. The van der Waals surface area contributed by atoms with Gasteiger partial charge in [-0.3, -0.25) is 0 Å². The van der Waals surface area contributed by atoms with Crippen LogP contribution in [0.3, 0.4) is 0 Å². The summed E-state index contributed by atoms with van der Waals surface area (Å²) < 4.78 is 0. The average molecular weight is 119 g/mol. The molecule has 0 aliphatic carbocycles. The summed E-state index contributed by atoms with van der Waals surface area (Å²) in [7, 11) is 0. The minimum absolute atomic E-state index is 0.333. The van der Waals surface area contributed by atoms with Gasteiger partial charge in [-0.1, -0.05) is 5.22 Å². The Balaban J connectivity index is 2.45. The van der Waals surface area contributed by atoms with Gasteiger partial charge >= 0.3 is 0 Å². The molecular weight excluding hydrogens is 114 g/mol. The lowest BCUT2D eigenvalue weighted by molar-refractivity contribution is 0.227. The molecule has 0 fully saturated rings. The van der Waals surface area contributed by atoms with E-state index in [2.05, 4.69) is 28.5 Å². The number of nitrogens with two attached hydrogens (primary N) is 1. The Kier molecular flexibility index (Phi) is 1.13. The SMILES string of the molecule is NN1NN=NC1S. The molecule has 3 N–H and O–H groups in total. The van der Waals surface area contributed by atoms with Gasteiger partial charge in [0.1, 0.15) is 0 Å². The Morgan fingerprint density at radius 2 is 2.57 bits per heavy atom. The Hall–Kier alpha value is -0.330. The highest BCUT2D eigenvalue weighted by Gasteiger charge is 2.12. The van der Waals surface area contributed by atoms with Crippen molar-refractivity contribution >= 4 is 12.6 Å². The second-order valence-corrected chi connectivity index (χ2v) is 1.53. The molecule has 0 amide bonds.